The zero-order chi connectivity index (χ0) is 24.1. The van der Waals surface area contributed by atoms with Crippen molar-refractivity contribution in [2.24, 2.45) is 16.8 Å². The van der Waals surface area contributed by atoms with Crippen molar-refractivity contribution in [2.45, 2.75) is 70.3 Å². The van der Waals surface area contributed by atoms with Crippen LogP contribution in [0.5, 0.6) is 5.75 Å². The number of benzene rings is 1. The average molecular weight is 468 g/mol. The van der Waals surface area contributed by atoms with Gasteiger partial charge in [0.2, 0.25) is 0 Å². The van der Waals surface area contributed by atoms with Gasteiger partial charge in [-0.2, -0.15) is 0 Å². The largest absolute Gasteiger partial charge is 0.549 e. The molecule has 0 bridgehead atoms. The van der Waals surface area contributed by atoms with Crippen LogP contribution in [0.1, 0.15) is 67.8 Å². The molecule has 4 N–H and O–H groups in total. The number of aliphatic imine (C=N–C) groups is 1. The highest BCUT2D eigenvalue weighted by atomic mass is 16.5. The standard InChI is InChI=1S/C25H37BN4O4/c1-17(29-23-14-20-3-2-4-22(25(31)32)24(20)34-26(23)33)13-18-5-7-21(8-6-18)28-15-19-9-11-30(16-27)12-10-19/h2-4,16,18-19,21,23,27-28,33H,5-15H2,1H3,(H,31,32). The van der Waals surface area contributed by atoms with Crippen LogP contribution in [0, 0.1) is 17.2 Å². The molecule has 1 aromatic carbocycles. The smallest absolute Gasteiger partial charge is 0.534 e. The monoisotopic (exact) mass is 468 g/mol. The molecule has 2 aliphatic heterocycles. The van der Waals surface area contributed by atoms with Gasteiger partial charge in [-0.15, -0.1) is 0 Å². The summed E-state index contributed by atoms with van der Waals surface area (Å²) in [5.41, 5.74) is 1.89. The lowest BCUT2D eigenvalue weighted by molar-refractivity contribution is 0.0694. The lowest BCUT2D eigenvalue weighted by Gasteiger charge is -2.33. The van der Waals surface area contributed by atoms with Crippen LogP contribution < -0.4 is 9.97 Å². The van der Waals surface area contributed by atoms with Crippen LogP contribution in [0.2, 0.25) is 0 Å². The number of carboxylic acids is 1. The average Bonchev–Trinajstić information content (AvgIpc) is 2.84. The third-order valence-corrected chi connectivity index (χ3v) is 7.67. The van der Waals surface area contributed by atoms with Crippen molar-refractivity contribution in [1.82, 2.24) is 10.2 Å². The van der Waals surface area contributed by atoms with Crippen molar-refractivity contribution >= 4 is 25.1 Å². The van der Waals surface area contributed by atoms with E-state index in [9.17, 15) is 14.9 Å². The van der Waals surface area contributed by atoms with Crippen molar-refractivity contribution in [3.8, 4) is 5.75 Å². The highest BCUT2D eigenvalue weighted by Gasteiger charge is 2.37. The first-order chi connectivity index (χ1) is 16.4. The molecule has 1 aliphatic carbocycles. The highest BCUT2D eigenvalue weighted by Crippen LogP contribution is 2.32. The summed E-state index contributed by atoms with van der Waals surface area (Å²) >= 11 is 0. The number of carboxylic acid groups (broad SMARTS) is 1. The molecule has 1 unspecified atom stereocenters. The zero-order valence-corrected chi connectivity index (χ0v) is 20.1. The number of nitrogens with one attached hydrogen (secondary N) is 2. The lowest BCUT2D eigenvalue weighted by atomic mass is 9.72. The Bertz CT molecular complexity index is 895. The van der Waals surface area contributed by atoms with E-state index in [2.05, 4.69) is 10.2 Å². The fourth-order valence-electron chi connectivity index (χ4n) is 5.63. The number of piperidine rings is 1. The third kappa shape index (κ3) is 6.19. The fraction of sp³-hybridized carbons (Fsp3) is 0.640. The first-order valence-electron chi connectivity index (χ1n) is 12.6. The predicted molar refractivity (Wildman–Crippen MR) is 134 cm³/mol. The van der Waals surface area contributed by atoms with Crippen molar-refractivity contribution < 1.29 is 19.6 Å². The van der Waals surface area contributed by atoms with Crippen LogP contribution >= 0.6 is 0 Å². The van der Waals surface area contributed by atoms with Gasteiger partial charge in [0.15, 0.2) is 0 Å². The van der Waals surface area contributed by atoms with Gasteiger partial charge in [0, 0.05) is 24.8 Å². The summed E-state index contributed by atoms with van der Waals surface area (Å²) < 4.78 is 5.58. The fourth-order valence-corrected chi connectivity index (χ4v) is 5.63. The van der Waals surface area contributed by atoms with E-state index < -0.39 is 19.0 Å². The van der Waals surface area contributed by atoms with Crippen molar-refractivity contribution in [3.05, 3.63) is 29.3 Å². The summed E-state index contributed by atoms with van der Waals surface area (Å²) in [6, 6.07) is 5.65. The maximum atomic E-state index is 11.4. The van der Waals surface area contributed by atoms with Gasteiger partial charge in [-0.1, -0.05) is 12.1 Å². The summed E-state index contributed by atoms with van der Waals surface area (Å²) in [6.07, 6.45) is 9.97. The third-order valence-electron chi connectivity index (χ3n) is 7.67. The van der Waals surface area contributed by atoms with E-state index in [1.807, 2.05) is 13.0 Å². The van der Waals surface area contributed by atoms with E-state index in [1.54, 1.807) is 6.07 Å². The molecule has 8 nitrogen and oxygen atoms in total. The van der Waals surface area contributed by atoms with Crippen molar-refractivity contribution in [3.63, 3.8) is 0 Å². The van der Waals surface area contributed by atoms with Crippen LogP contribution in [-0.2, 0) is 6.42 Å². The molecule has 184 valence electrons. The van der Waals surface area contributed by atoms with Gasteiger partial charge in [0.1, 0.15) is 11.7 Å². The molecular formula is C25H37BN4O4. The summed E-state index contributed by atoms with van der Waals surface area (Å²) in [4.78, 5) is 18.3. The van der Waals surface area contributed by atoms with Crippen LogP contribution in [0.25, 0.3) is 0 Å². The molecule has 0 aromatic heterocycles. The van der Waals surface area contributed by atoms with Crippen LogP contribution in [-0.4, -0.2) is 71.8 Å². The van der Waals surface area contributed by atoms with Crippen molar-refractivity contribution in [1.29, 1.82) is 5.41 Å². The Morgan fingerprint density at radius 3 is 2.65 bits per heavy atom. The number of rotatable bonds is 8. The predicted octanol–water partition coefficient (Wildman–Crippen LogP) is 3.03. The van der Waals surface area contributed by atoms with Gasteiger partial charge < -0.3 is 25.0 Å². The minimum Gasteiger partial charge on any atom is -0.534 e. The molecule has 2 fully saturated rings. The molecular weight excluding hydrogens is 431 g/mol. The van der Waals surface area contributed by atoms with Gasteiger partial charge in [0.05, 0.1) is 11.9 Å². The minimum absolute atomic E-state index is 0.0814. The number of hydrogen-bond acceptors (Lipinski definition) is 6. The molecule has 0 radical (unpaired) electrons. The molecule has 1 atom stereocenters. The Morgan fingerprint density at radius 2 is 1.97 bits per heavy atom. The maximum absolute atomic E-state index is 11.4. The summed E-state index contributed by atoms with van der Waals surface area (Å²) in [7, 11) is -1.13. The number of fused-ring (bicyclic) bond motifs is 1. The van der Waals surface area contributed by atoms with Gasteiger partial charge >= 0.3 is 13.1 Å². The van der Waals surface area contributed by atoms with E-state index in [4.69, 9.17) is 15.1 Å². The first-order valence-corrected chi connectivity index (χ1v) is 12.6. The SMILES string of the molecule is CC(CC1CCC(NCC2CCN(C=N)CC2)CC1)=NC1Cc2cccc(C(=O)O)c2OB1O. The molecule has 1 saturated heterocycles. The number of nitrogens with zero attached hydrogens (tertiary/aromatic N) is 2. The second-order valence-electron chi connectivity index (χ2n) is 10.2. The second kappa shape index (κ2) is 11.4. The van der Waals surface area contributed by atoms with Crippen molar-refractivity contribution in [2.75, 3.05) is 19.6 Å². The Hall–Kier alpha value is -2.39. The molecule has 4 rings (SSSR count). The van der Waals surface area contributed by atoms with Gasteiger partial charge in [-0.25, -0.2) is 4.79 Å². The number of para-hydroxylation sites is 1. The summed E-state index contributed by atoms with van der Waals surface area (Å²) in [6.45, 7) is 5.13. The minimum atomic E-state index is -1.13. The Morgan fingerprint density at radius 1 is 1.24 bits per heavy atom. The number of hydrogen-bond donors (Lipinski definition) is 4. The molecule has 34 heavy (non-hydrogen) atoms. The van der Waals surface area contributed by atoms with Crippen LogP contribution in [0.4, 0.5) is 0 Å². The van der Waals surface area contributed by atoms with Gasteiger partial charge in [-0.3, -0.25) is 10.4 Å². The quantitative estimate of drug-likeness (QED) is 0.265. The van der Waals surface area contributed by atoms with Crippen LogP contribution in [0.3, 0.4) is 0 Å². The summed E-state index contributed by atoms with van der Waals surface area (Å²) in [5.74, 6) is 0.140. The Labute approximate surface area is 202 Å². The highest BCUT2D eigenvalue weighted by molar-refractivity contribution is 6.46. The van der Waals surface area contributed by atoms with E-state index in [1.165, 1.54) is 50.9 Å². The molecule has 1 saturated carbocycles. The molecule has 2 heterocycles. The Balaban J connectivity index is 1.22. The van der Waals surface area contributed by atoms with Gasteiger partial charge in [0.25, 0.3) is 0 Å². The Kier molecular flexibility index (Phi) is 8.26. The van der Waals surface area contributed by atoms with E-state index in [0.717, 1.165) is 43.2 Å². The zero-order valence-electron chi connectivity index (χ0n) is 20.1. The molecule has 0 spiro atoms. The normalized spacial score (nSPS) is 26.1. The van der Waals surface area contributed by atoms with E-state index in [0.29, 0.717) is 18.4 Å². The molecule has 3 aliphatic rings. The maximum Gasteiger partial charge on any atom is 0.549 e. The lowest BCUT2D eigenvalue weighted by Crippen LogP contribution is -2.42. The van der Waals surface area contributed by atoms with Crippen LogP contribution in [0.15, 0.2) is 23.2 Å². The number of likely N-dealkylation sites (tertiary alicyclic amines) is 1. The van der Waals surface area contributed by atoms with E-state index >= 15 is 0 Å². The van der Waals surface area contributed by atoms with E-state index in [-0.39, 0.29) is 11.3 Å². The summed E-state index contributed by atoms with van der Waals surface area (Å²) in [5, 5.41) is 31.0. The molecule has 0 amide bonds. The molecule has 9 heteroatoms. The topological polar surface area (TPSA) is 118 Å². The molecule has 1 aromatic rings. The first kappa shape index (κ1) is 24.7. The van der Waals surface area contributed by atoms with Gasteiger partial charge in [-0.05, 0) is 88.3 Å². The number of aromatic carboxylic acids is 1. The number of carbonyl (C=O) groups is 1. The second-order valence-corrected chi connectivity index (χ2v) is 10.2.